The Morgan fingerprint density at radius 2 is 2.19 bits per heavy atom. The number of rotatable bonds is 6. The zero-order chi connectivity index (χ0) is 22.7. The Morgan fingerprint density at radius 3 is 2.94 bits per heavy atom. The molecule has 0 bridgehead atoms. The summed E-state index contributed by atoms with van der Waals surface area (Å²) < 4.78 is 20.0. The molecule has 0 spiro atoms. The van der Waals surface area contributed by atoms with E-state index in [0.29, 0.717) is 18.6 Å². The maximum atomic E-state index is 14.7. The molecule has 1 fully saturated rings. The summed E-state index contributed by atoms with van der Waals surface area (Å²) in [4.78, 5) is 15.8. The third kappa shape index (κ3) is 4.47. The van der Waals surface area contributed by atoms with Crippen LogP contribution in [0.5, 0.6) is 0 Å². The second-order valence-electron chi connectivity index (χ2n) is 8.04. The van der Waals surface area contributed by atoms with Crippen molar-refractivity contribution in [2.24, 2.45) is 5.11 Å². The van der Waals surface area contributed by atoms with Gasteiger partial charge in [0.05, 0.1) is 37.0 Å². The Morgan fingerprint density at radius 1 is 1.34 bits per heavy atom. The number of halogens is 1. The molecule has 1 aromatic carbocycles. The molecule has 0 amide bonds. The fraction of sp³-hybridized carbons (Fsp3) is 0.409. The van der Waals surface area contributed by atoms with E-state index in [1.165, 1.54) is 0 Å². The van der Waals surface area contributed by atoms with Gasteiger partial charge in [0.25, 0.3) is 0 Å². The number of pyridine rings is 1. The maximum Gasteiger partial charge on any atom is 0.223 e. The van der Waals surface area contributed by atoms with Crippen LogP contribution in [-0.2, 0) is 11.3 Å². The van der Waals surface area contributed by atoms with Crippen LogP contribution in [0.4, 0.5) is 10.3 Å². The van der Waals surface area contributed by atoms with Gasteiger partial charge in [-0.3, -0.25) is 4.98 Å². The Bertz CT molecular complexity index is 1180. The molecular formula is C22H24FN7O2. The average Bonchev–Trinajstić information content (AvgIpc) is 2.79. The van der Waals surface area contributed by atoms with E-state index in [1.807, 2.05) is 26.0 Å². The van der Waals surface area contributed by atoms with Gasteiger partial charge >= 0.3 is 0 Å². The van der Waals surface area contributed by atoms with Gasteiger partial charge in [-0.25, -0.2) is 14.4 Å². The lowest BCUT2D eigenvalue weighted by molar-refractivity contribution is -0.0136. The highest BCUT2D eigenvalue weighted by Crippen LogP contribution is 2.32. The summed E-state index contributed by atoms with van der Waals surface area (Å²) in [7, 11) is 0. The first-order chi connectivity index (χ1) is 15.5. The summed E-state index contributed by atoms with van der Waals surface area (Å²) >= 11 is 0. The molecule has 0 radical (unpaired) electrons. The number of aliphatic hydroxyl groups excluding tert-OH is 1. The number of anilines is 1. The zero-order valence-electron chi connectivity index (χ0n) is 17.9. The predicted octanol–water partition coefficient (Wildman–Crippen LogP) is 4.33. The third-order valence-corrected chi connectivity index (χ3v) is 5.53. The number of azide groups is 1. The summed E-state index contributed by atoms with van der Waals surface area (Å²) in [5.41, 5.74) is 12.0. The van der Waals surface area contributed by atoms with Gasteiger partial charge in [-0.1, -0.05) is 25.0 Å². The van der Waals surface area contributed by atoms with Gasteiger partial charge in [0, 0.05) is 28.7 Å². The van der Waals surface area contributed by atoms with Gasteiger partial charge in [-0.05, 0) is 41.1 Å². The number of ether oxygens (including phenoxy) is 1. The molecule has 4 rings (SSSR count). The molecule has 0 saturated carbocycles. The third-order valence-electron chi connectivity index (χ3n) is 5.53. The fourth-order valence-electron chi connectivity index (χ4n) is 4.01. The highest BCUT2D eigenvalue weighted by atomic mass is 19.1. The second-order valence-corrected chi connectivity index (χ2v) is 8.04. The first kappa shape index (κ1) is 21.9. The number of fused-ring (bicyclic) bond motifs is 1. The Labute approximate surface area is 184 Å². The summed E-state index contributed by atoms with van der Waals surface area (Å²) in [6.45, 7) is 5.05. The maximum absolute atomic E-state index is 14.7. The number of nitrogens with one attached hydrogen (secondary N) is 1. The van der Waals surface area contributed by atoms with Crippen molar-refractivity contribution in [2.45, 2.75) is 44.9 Å². The van der Waals surface area contributed by atoms with Crippen molar-refractivity contribution in [2.75, 3.05) is 18.5 Å². The van der Waals surface area contributed by atoms with Crippen molar-refractivity contribution in [1.82, 2.24) is 15.0 Å². The van der Waals surface area contributed by atoms with Crippen LogP contribution in [-0.4, -0.2) is 45.4 Å². The quantitative estimate of drug-likeness (QED) is 0.335. The minimum absolute atomic E-state index is 0.141. The van der Waals surface area contributed by atoms with Gasteiger partial charge in [0.2, 0.25) is 5.95 Å². The van der Waals surface area contributed by atoms with E-state index in [2.05, 4.69) is 30.3 Å². The van der Waals surface area contributed by atoms with Crippen molar-refractivity contribution in [3.8, 4) is 11.3 Å². The molecule has 3 heterocycles. The van der Waals surface area contributed by atoms with Gasteiger partial charge in [0.1, 0.15) is 5.69 Å². The van der Waals surface area contributed by atoms with E-state index in [4.69, 9.17) is 10.3 Å². The fourth-order valence-corrected chi connectivity index (χ4v) is 4.01. The lowest BCUT2D eigenvalue weighted by Gasteiger charge is -2.28. The standard InChI is InChI=1S/C22H24FN7O2/c1-12(2)20-14(9-27-30-24)8-25-17-4-3-13(7-15(17)20)21-16(23)10-26-22(29-21)28-18-5-6-32-11-19(18)31/h3-4,7-8,10,12,18-19,31H,5-6,9,11H2,1-2H3,(H,26,28,29)/t18-,19-/m1/s1. The van der Waals surface area contributed by atoms with Gasteiger partial charge in [0.15, 0.2) is 5.82 Å². The van der Waals surface area contributed by atoms with E-state index in [-0.39, 0.29) is 36.8 Å². The molecule has 166 valence electrons. The van der Waals surface area contributed by atoms with E-state index in [9.17, 15) is 9.50 Å². The lowest BCUT2D eigenvalue weighted by Crippen LogP contribution is -2.42. The topological polar surface area (TPSA) is 129 Å². The number of benzene rings is 1. The zero-order valence-corrected chi connectivity index (χ0v) is 17.9. The number of aliphatic hydroxyl groups is 1. The molecule has 3 aromatic rings. The summed E-state index contributed by atoms with van der Waals surface area (Å²) in [5.74, 6) is -0.166. The van der Waals surface area contributed by atoms with Crippen LogP contribution in [0.2, 0.25) is 0 Å². The van der Waals surface area contributed by atoms with Crippen LogP contribution >= 0.6 is 0 Å². The van der Waals surface area contributed by atoms with Crippen LogP contribution in [0.1, 0.15) is 37.3 Å². The molecule has 0 aliphatic carbocycles. The minimum atomic E-state index is -0.685. The van der Waals surface area contributed by atoms with E-state index >= 15 is 0 Å². The Kier molecular flexibility index (Phi) is 6.45. The van der Waals surface area contributed by atoms with E-state index in [1.54, 1.807) is 12.3 Å². The highest BCUT2D eigenvalue weighted by Gasteiger charge is 2.24. The average molecular weight is 437 g/mol. The van der Waals surface area contributed by atoms with Crippen molar-refractivity contribution >= 4 is 16.9 Å². The Balaban J connectivity index is 1.75. The molecule has 2 N–H and O–H groups in total. The highest BCUT2D eigenvalue weighted by molar-refractivity contribution is 5.88. The number of hydrogen-bond donors (Lipinski definition) is 2. The molecule has 2 atom stereocenters. The SMILES string of the molecule is CC(C)c1c(CN=[N+]=[N-])cnc2ccc(-c3nc(N[C@@H]4CCOC[C@H]4O)ncc3F)cc12. The summed E-state index contributed by atoms with van der Waals surface area (Å²) in [5, 5.41) is 17.7. The van der Waals surface area contributed by atoms with E-state index < -0.39 is 11.9 Å². The van der Waals surface area contributed by atoms with Crippen molar-refractivity contribution < 1.29 is 14.2 Å². The van der Waals surface area contributed by atoms with Gasteiger partial charge in [-0.15, -0.1) is 0 Å². The molecule has 9 nitrogen and oxygen atoms in total. The van der Waals surface area contributed by atoms with Crippen molar-refractivity contribution in [3.63, 3.8) is 0 Å². The molecule has 32 heavy (non-hydrogen) atoms. The van der Waals surface area contributed by atoms with Crippen LogP contribution in [0.25, 0.3) is 32.6 Å². The molecule has 0 unspecified atom stereocenters. The molecule has 1 aliphatic heterocycles. The van der Waals surface area contributed by atoms with Crippen LogP contribution in [0.3, 0.4) is 0 Å². The summed E-state index contributed by atoms with van der Waals surface area (Å²) in [6.07, 6.45) is 2.76. The number of aromatic nitrogens is 3. The first-order valence-electron chi connectivity index (χ1n) is 10.5. The Hall–Kier alpha value is -3.33. The van der Waals surface area contributed by atoms with Crippen LogP contribution < -0.4 is 5.32 Å². The monoisotopic (exact) mass is 437 g/mol. The van der Waals surface area contributed by atoms with Crippen molar-refractivity contribution in [1.29, 1.82) is 0 Å². The normalized spacial score (nSPS) is 18.5. The molecule has 2 aromatic heterocycles. The number of hydrogen-bond acceptors (Lipinski definition) is 7. The largest absolute Gasteiger partial charge is 0.389 e. The lowest BCUT2D eigenvalue weighted by atomic mass is 9.92. The molecule has 1 saturated heterocycles. The molecular weight excluding hydrogens is 413 g/mol. The minimum Gasteiger partial charge on any atom is -0.389 e. The van der Waals surface area contributed by atoms with Gasteiger partial charge < -0.3 is 15.2 Å². The van der Waals surface area contributed by atoms with E-state index in [0.717, 1.165) is 28.2 Å². The second kappa shape index (κ2) is 9.44. The van der Waals surface area contributed by atoms with Crippen LogP contribution in [0.15, 0.2) is 35.7 Å². The molecule has 10 heteroatoms. The van der Waals surface area contributed by atoms with Crippen molar-refractivity contribution in [3.05, 3.63) is 58.0 Å². The summed E-state index contributed by atoms with van der Waals surface area (Å²) in [6, 6.07) is 5.18. The molecule has 1 aliphatic rings. The number of nitrogens with zero attached hydrogens (tertiary/aromatic N) is 6. The smallest absolute Gasteiger partial charge is 0.223 e. The first-order valence-corrected chi connectivity index (χ1v) is 10.5. The van der Waals surface area contributed by atoms with Crippen LogP contribution in [0, 0.1) is 5.82 Å². The van der Waals surface area contributed by atoms with Gasteiger partial charge in [-0.2, -0.15) is 0 Å². The predicted molar refractivity (Wildman–Crippen MR) is 119 cm³/mol.